The lowest BCUT2D eigenvalue weighted by Crippen LogP contribution is -2.41. The maximum absolute atomic E-state index is 13.6. The summed E-state index contributed by atoms with van der Waals surface area (Å²) in [6, 6.07) is 3.41. The van der Waals surface area contributed by atoms with E-state index in [2.05, 4.69) is 5.32 Å². The number of anilines is 1. The Balaban J connectivity index is 2.19. The summed E-state index contributed by atoms with van der Waals surface area (Å²) in [6.07, 6.45) is 0.635. The normalized spacial score (nSPS) is 18.9. The quantitative estimate of drug-likeness (QED) is 0.675. The molecule has 1 aromatic carbocycles. The van der Waals surface area contributed by atoms with Crippen molar-refractivity contribution in [3.8, 4) is 0 Å². The number of halogens is 1. The summed E-state index contributed by atoms with van der Waals surface area (Å²) in [6.45, 7) is 4.36. The molecule has 1 N–H and O–H groups in total. The summed E-state index contributed by atoms with van der Waals surface area (Å²) in [7, 11) is 0. The molecule has 0 spiro atoms. The number of hydrogen-bond donors (Lipinski definition) is 1. The average Bonchev–Trinajstić information content (AvgIpc) is 2.69. The SMILES string of the molecule is CC(C)NC1CCN(c2ccc([N+](=O)[O-])c(F)c2)C1=O. The van der Waals surface area contributed by atoms with Gasteiger partial charge in [0.05, 0.1) is 11.0 Å². The number of benzene rings is 1. The van der Waals surface area contributed by atoms with Gasteiger partial charge in [-0.2, -0.15) is 4.39 Å². The number of nitrogens with one attached hydrogen (secondary N) is 1. The van der Waals surface area contributed by atoms with Crippen LogP contribution in [0.5, 0.6) is 0 Å². The highest BCUT2D eigenvalue weighted by atomic mass is 19.1. The summed E-state index contributed by atoms with van der Waals surface area (Å²) >= 11 is 0. The molecule has 20 heavy (non-hydrogen) atoms. The van der Waals surface area contributed by atoms with E-state index in [1.54, 1.807) is 0 Å². The minimum atomic E-state index is -0.930. The lowest BCUT2D eigenvalue weighted by Gasteiger charge is -2.18. The predicted octanol–water partition coefficient (Wildman–Crippen LogP) is 1.84. The van der Waals surface area contributed by atoms with Crippen molar-refractivity contribution >= 4 is 17.3 Å². The zero-order chi connectivity index (χ0) is 14.9. The summed E-state index contributed by atoms with van der Waals surface area (Å²) in [5.41, 5.74) is -0.233. The van der Waals surface area contributed by atoms with Gasteiger partial charge in [0.25, 0.3) is 0 Å². The van der Waals surface area contributed by atoms with Crippen molar-refractivity contribution < 1.29 is 14.1 Å². The number of nitro benzene ring substituents is 1. The van der Waals surface area contributed by atoms with Crippen LogP contribution in [0.2, 0.25) is 0 Å². The second-order valence-corrected chi connectivity index (χ2v) is 5.05. The third-order valence-corrected chi connectivity index (χ3v) is 3.18. The van der Waals surface area contributed by atoms with Crippen LogP contribution in [0.25, 0.3) is 0 Å². The molecule has 0 aromatic heterocycles. The molecule has 2 rings (SSSR count). The average molecular weight is 281 g/mol. The van der Waals surface area contributed by atoms with Gasteiger partial charge in [-0.25, -0.2) is 0 Å². The highest BCUT2D eigenvalue weighted by Crippen LogP contribution is 2.26. The molecule has 0 saturated carbocycles. The molecule has 1 amide bonds. The fourth-order valence-electron chi connectivity index (χ4n) is 2.31. The van der Waals surface area contributed by atoms with E-state index in [4.69, 9.17) is 0 Å². The van der Waals surface area contributed by atoms with Gasteiger partial charge in [0.1, 0.15) is 0 Å². The highest BCUT2D eigenvalue weighted by Gasteiger charge is 2.33. The number of carbonyl (C=O) groups is 1. The lowest BCUT2D eigenvalue weighted by molar-refractivity contribution is -0.387. The molecule has 1 aliphatic rings. The topological polar surface area (TPSA) is 75.5 Å². The Labute approximate surface area is 115 Å². The predicted molar refractivity (Wildman–Crippen MR) is 72.1 cm³/mol. The van der Waals surface area contributed by atoms with Crippen LogP contribution in [0.15, 0.2) is 18.2 Å². The third-order valence-electron chi connectivity index (χ3n) is 3.18. The number of carbonyl (C=O) groups excluding carboxylic acids is 1. The van der Waals surface area contributed by atoms with E-state index in [0.717, 1.165) is 12.1 Å². The van der Waals surface area contributed by atoms with Crippen LogP contribution in [0, 0.1) is 15.9 Å². The molecular formula is C13H16FN3O3. The molecule has 1 unspecified atom stereocenters. The monoisotopic (exact) mass is 281 g/mol. The molecule has 6 nitrogen and oxygen atoms in total. The Morgan fingerprint density at radius 2 is 2.20 bits per heavy atom. The molecule has 0 aliphatic carbocycles. The van der Waals surface area contributed by atoms with Crippen molar-refractivity contribution in [1.82, 2.24) is 5.32 Å². The van der Waals surface area contributed by atoms with E-state index in [0.29, 0.717) is 18.7 Å². The van der Waals surface area contributed by atoms with Gasteiger partial charge in [-0.05, 0) is 12.5 Å². The van der Waals surface area contributed by atoms with Gasteiger partial charge >= 0.3 is 5.69 Å². The fraction of sp³-hybridized carbons (Fsp3) is 0.462. The van der Waals surface area contributed by atoms with Crippen LogP contribution in [0.3, 0.4) is 0 Å². The Bertz CT molecular complexity index is 548. The minimum absolute atomic E-state index is 0.132. The maximum atomic E-state index is 13.6. The molecule has 1 atom stereocenters. The van der Waals surface area contributed by atoms with Crippen LogP contribution in [0.1, 0.15) is 20.3 Å². The van der Waals surface area contributed by atoms with Crippen molar-refractivity contribution in [2.75, 3.05) is 11.4 Å². The number of hydrogen-bond acceptors (Lipinski definition) is 4. The Morgan fingerprint density at radius 3 is 2.75 bits per heavy atom. The molecule has 1 aromatic rings. The standard InChI is InChI=1S/C13H16FN3O3/c1-8(2)15-11-5-6-16(13(11)18)9-3-4-12(17(19)20)10(14)7-9/h3-4,7-8,11,15H,5-6H2,1-2H3. The molecule has 1 aliphatic heterocycles. The van der Waals surface area contributed by atoms with Crippen molar-refractivity contribution in [3.63, 3.8) is 0 Å². The van der Waals surface area contributed by atoms with E-state index in [1.807, 2.05) is 13.8 Å². The van der Waals surface area contributed by atoms with Crippen LogP contribution in [-0.4, -0.2) is 29.5 Å². The minimum Gasteiger partial charge on any atom is -0.311 e. The molecule has 1 saturated heterocycles. The molecule has 1 heterocycles. The Morgan fingerprint density at radius 1 is 1.50 bits per heavy atom. The lowest BCUT2D eigenvalue weighted by atomic mass is 10.2. The second kappa shape index (κ2) is 5.54. The van der Waals surface area contributed by atoms with Gasteiger partial charge in [0, 0.05) is 30.4 Å². The van der Waals surface area contributed by atoms with Crippen molar-refractivity contribution in [2.24, 2.45) is 0 Å². The highest BCUT2D eigenvalue weighted by molar-refractivity contribution is 5.99. The maximum Gasteiger partial charge on any atom is 0.304 e. The Kier molecular flexibility index (Phi) is 3.99. The van der Waals surface area contributed by atoms with Crippen molar-refractivity contribution in [3.05, 3.63) is 34.1 Å². The van der Waals surface area contributed by atoms with Crippen LogP contribution in [0.4, 0.5) is 15.8 Å². The summed E-state index contributed by atoms with van der Waals surface area (Å²) in [4.78, 5) is 23.4. The Hall–Kier alpha value is -2.02. The van der Waals surface area contributed by atoms with Crippen LogP contribution in [-0.2, 0) is 4.79 Å². The van der Waals surface area contributed by atoms with Crippen molar-refractivity contribution in [1.29, 1.82) is 0 Å². The van der Waals surface area contributed by atoms with E-state index >= 15 is 0 Å². The van der Waals surface area contributed by atoms with Gasteiger partial charge in [-0.15, -0.1) is 0 Å². The number of amides is 1. The van der Waals surface area contributed by atoms with E-state index < -0.39 is 16.4 Å². The van der Waals surface area contributed by atoms with Gasteiger partial charge in [0.2, 0.25) is 11.7 Å². The second-order valence-electron chi connectivity index (χ2n) is 5.05. The number of rotatable bonds is 4. The smallest absolute Gasteiger partial charge is 0.304 e. The van der Waals surface area contributed by atoms with E-state index in [-0.39, 0.29) is 18.0 Å². The molecule has 108 valence electrons. The first kappa shape index (κ1) is 14.4. The molecular weight excluding hydrogens is 265 g/mol. The molecule has 0 bridgehead atoms. The summed E-state index contributed by atoms with van der Waals surface area (Å²) in [5.74, 6) is -1.06. The molecule has 7 heteroatoms. The number of nitro groups is 1. The van der Waals surface area contributed by atoms with Gasteiger partial charge in [0.15, 0.2) is 0 Å². The summed E-state index contributed by atoms with van der Waals surface area (Å²) < 4.78 is 13.6. The molecule has 0 radical (unpaired) electrons. The fourth-order valence-corrected chi connectivity index (χ4v) is 2.31. The first-order chi connectivity index (χ1) is 9.40. The van der Waals surface area contributed by atoms with Crippen LogP contribution >= 0.6 is 0 Å². The number of nitrogens with zero attached hydrogens (tertiary/aromatic N) is 2. The zero-order valence-electron chi connectivity index (χ0n) is 11.3. The van der Waals surface area contributed by atoms with Gasteiger partial charge < -0.3 is 10.2 Å². The van der Waals surface area contributed by atoms with Crippen LogP contribution < -0.4 is 10.2 Å². The first-order valence-corrected chi connectivity index (χ1v) is 6.41. The first-order valence-electron chi connectivity index (χ1n) is 6.41. The van der Waals surface area contributed by atoms with Gasteiger partial charge in [-0.3, -0.25) is 14.9 Å². The molecule has 1 fully saturated rings. The van der Waals surface area contributed by atoms with Crippen molar-refractivity contribution in [2.45, 2.75) is 32.4 Å². The van der Waals surface area contributed by atoms with E-state index in [9.17, 15) is 19.3 Å². The largest absolute Gasteiger partial charge is 0.311 e. The van der Waals surface area contributed by atoms with Gasteiger partial charge in [-0.1, -0.05) is 13.8 Å². The van der Waals surface area contributed by atoms with E-state index in [1.165, 1.54) is 11.0 Å². The third kappa shape index (κ3) is 2.77. The zero-order valence-corrected chi connectivity index (χ0v) is 11.3. The summed E-state index contributed by atoms with van der Waals surface area (Å²) in [5, 5.41) is 13.7.